The first-order valence-electron chi connectivity index (χ1n) is 8.23. The van der Waals surface area contributed by atoms with Gasteiger partial charge in [0.1, 0.15) is 5.75 Å². The fourth-order valence-corrected chi connectivity index (χ4v) is 3.72. The molecule has 0 unspecified atom stereocenters. The average Bonchev–Trinajstić information content (AvgIpc) is 2.62. The average molecular weight is 295 g/mol. The summed E-state index contributed by atoms with van der Waals surface area (Å²) in [5.41, 5.74) is 10.1. The van der Waals surface area contributed by atoms with Crippen LogP contribution in [0, 0.1) is 0 Å². The normalized spacial score (nSPS) is 17.2. The van der Waals surface area contributed by atoms with Crippen molar-refractivity contribution < 1.29 is 4.74 Å². The fraction of sp³-hybridized carbons (Fsp3) is 0.400. The predicted molar refractivity (Wildman–Crippen MR) is 92.2 cm³/mol. The summed E-state index contributed by atoms with van der Waals surface area (Å²) < 4.78 is 5.58. The molecule has 2 aromatic carbocycles. The quantitative estimate of drug-likeness (QED) is 0.900. The molecule has 22 heavy (non-hydrogen) atoms. The van der Waals surface area contributed by atoms with Crippen LogP contribution in [0.2, 0.25) is 0 Å². The van der Waals surface area contributed by atoms with Crippen LogP contribution in [-0.2, 0) is 5.41 Å². The predicted octanol–water partition coefficient (Wildman–Crippen LogP) is 4.52. The van der Waals surface area contributed by atoms with Crippen molar-refractivity contribution in [3.05, 3.63) is 54.1 Å². The van der Waals surface area contributed by atoms with Crippen LogP contribution in [0.1, 0.15) is 37.7 Å². The molecule has 0 radical (unpaired) electrons. The molecule has 0 heterocycles. The van der Waals surface area contributed by atoms with Crippen molar-refractivity contribution in [2.45, 2.75) is 37.5 Å². The molecule has 2 N–H and O–H groups in total. The molecule has 0 aromatic heterocycles. The minimum absolute atomic E-state index is 0.147. The van der Waals surface area contributed by atoms with Crippen LogP contribution in [0.15, 0.2) is 48.5 Å². The molecule has 0 amide bonds. The van der Waals surface area contributed by atoms with E-state index in [1.807, 2.05) is 6.07 Å². The van der Waals surface area contributed by atoms with Gasteiger partial charge in [-0.25, -0.2) is 0 Å². The van der Waals surface area contributed by atoms with E-state index in [2.05, 4.69) is 42.5 Å². The van der Waals surface area contributed by atoms with Gasteiger partial charge in [0.05, 0.1) is 7.11 Å². The van der Waals surface area contributed by atoms with Gasteiger partial charge in [-0.3, -0.25) is 0 Å². The third-order valence-corrected chi connectivity index (χ3v) is 5.10. The Balaban J connectivity index is 2.07. The Kier molecular flexibility index (Phi) is 4.49. The molecule has 3 rings (SSSR count). The van der Waals surface area contributed by atoms with Gasteiger partial charge in [0.25, 0.3) is 0 Å². The van der Waals surface area contributed by atoms with Crippen molar-refractivity contribution in [1.82, 2.24) is 0 Å². The first-order valence-corrected chi connectivity index (χ1v) is 8.23. The number of nitrogens with two attached hydrogens (primary N) is 1. The minimum atomic E-state index is 0.147. The maximum atomic E-state index is 6.20. The second-order valence-electron chi connectivity index (χ2n) is 6.33. The zero-order valence-electron chi connectivity index (χ0n) is 13.3. The van der Waals surface area contributed by atoms with Gasteiger partial charge >= 0.3 is 0 Å². The number of methoxy groups -OCH3 is 1. The molecular formula is C20H25NO. The van der Waals surface area contributed by atoms with Crippen molar-refractivity contribution in [3.8, 4) is 16.9 Å². The van der Waals surface area contributed by atoms with Crippen LogP contribution in [0.5, 0.6) is 5.75 Å². The molecule has 2 aromatic rings. The van der Waals surface area contributed by atoms with Gasteiger partial charge in [-0.1, -0.05) is 55.7 Å². The molecule has 1 saturated carbocycles. The third-order valence-electron chi connectivity index (χ3n) is 5.10. The highest BCUT2D eigenvalue weighted by atomic mass is 16.5. The summed E-state index contributed by atoms with van der Waals surface area (Å²) in [4.78, 5) is 0. The van der Waals surface area contributed by atoms with Gasteiger partial charge in [-0.05, 0) is 36.1 Å². The van der Waals surface area contributed by atoms with E-state index < -0.39 is 0 Å². The largest absolute Gasteiger partial charge is 0.496 e. The molecule has 1 aliphatic carbocycles. The molecule has 0 bridgehead atoms. The van der Waals surface area contributed by atoms with Crippen LogP contribution in [0.25, 0.3) is 11.1 Å². The molecule has 1 fully saturated rings. The van der Waals surface area contributed by atoms with Crippen molar-refractivity contribution in [1.29, 1.82) is 0 Å². The summed E-state index contributed by atoms with van der Waals surface area (Å²) in [6.45, 7) is 0.730. The molecule has 0 saturated heterocycles. The lowest BCUT2D eigenvalue weighted by molar-refractivity contribution is 0.300. The van der Waals surface area contributed by atoms with Crippen LogP contribution < -0.4 is 10.5 Å². The van der Waals surface area contributed by atoms with E-state index in [9.17, 15) is 0 Å². The van der Waals surface area contributed by atoms with Crippen LogP contribution in [0.4, 0.5) is 0 Å². The Morgan fingerprint density at radius 1 is 1.00 bits per heavy atom. The van der Waals surface area contributed by atoms with E-state index in [-0.39, 0.29) is 5.41 Å². The highest BCUT2D eigenvalue weighted by Crippen LogP contribution is 2.41. The van der Waals surface area contributed by atoms with Crippen LogP contribution >= 0.6 is 0 Å². The smallest absolute Gasteiger partial charge is 0.126 e. The lowest BCUT2D eigenvalue weighted by atomic mass is 9.69. The van der Waals surface area contributed by atoms with E-state index >= 15 is 0 Å². The Morgan fingerprint density at radius 2 is 1.73 bits per heavy atom. The summed E-state index contributed by atoms with van der Waals surface area (Å²) in [7, 11) is 1.74. The Labute approximate surface area is 133 Å². The molecule has 0 spiro atoms. The summed E-state index contributed by atoms with van der Waals surface area (Å²) in [6.07, 6.45) is 6.30. The summed E-state index contributed by atoms with van der Waals surface area (Å²) in [5, 5.41) is 0. The molecule has 116 valence electrons. The van der Waals surface area contributed by atoms with E-state index in [1.54, 1.807) is 7.11 Å². The highest BCUT2D eigenvalue weighted by molar-refractivity contribution is 5.71. The van der Waals surface area contributed by atoms with Crippen LogP contribution in [0.3, 0.4) is 0 Å². The van der Waals surface area contributed by atoms with Crippen molar-refractivity contribution in [2.75, 3.05) is 13.7 Å². The molecular weight excluding hydrogens is 270 g/mol. The zero-order chi connectivity index (χ0) is 15.4. The zero-order valence-corrected chi connectivity index (χ0v) is 13.3. The summed E-state index contributed by atoms with van der Waals surface area (Å²) >= 11 is 0. The van der Waals surface area contributed by atoms with Gasteiger partial charge in [-0.2, -0.15) is 0 Å². The van der Waals surface area contributed by atoms with E-state index in [0.717, 1.165) is 12.3 Å². The molecule has 1 aliphatic rings. The number of rotatable bonds is 4. The van der Waals surface area contributed by atoms with Crippen LogP contribution in [-0.4, -0.2) is 13.7 Å². The van der Waals surface area contributed by atoms with Gasteiger partial charge in [0, 0.05) is 17.5 Å². The van der Waals surface area contributed by atoms with Crippen molar-refractivity contribution in [3.63, 3.8) is 0 Å². The standard InChI is InChI=1S/C20H25NO/c1-22-19-11-10-17(20(15-21)12-6-3-7-13-20)14-18(19)16-8-4-2-5-9-16/h2,4-5,8-11,14H,3,6-7,12-13,15,21H2,1H3. The third kappa shape index (κ3) is 2.76. The maximum absolute atomic E-state index is 6.20. The second kappa shape index (κ2) is 6.53. The molecule has 2 heteroatoms. The highest BCUT2D eigenvalue weighted by Gasteiger charge is 2.33. The number of hydrogen-bond acceptors (Lipinski definition) is 2. The van der Waals surface area contributed by atoms with Gasteiger partial charge < -0.3 is 10.5 Å². The number of hydrogen-bond donors (Lipinski definition) is 1. The van der Waals surface area contributed by atoms with Crippen molar-refractivity contribution in [2.24, 2.45) is 5.73 Å². The first-order chi connectivity index (χ1) is 10.8. The lowest BCUT2D eigenvalue weighted by Crippen LogP contribution is -2.37. The molecule has 0 atom stereocenters. The second-order valence-corrected chi connectivity index (χ2v) is 6.33. The SMILES string of the molecule is COc1ccc(C2(CN)CCCCC2)cc1-c1ccccc1. The number of ether oxygens (including phenoxy) is 1. The van der Waals surface area contributed by atoms with Crippen molar-refractivity contribution >= 4 is 0 Å². The Bertz CT molecular complexity index is 615. The molecule has 2 nitrogen and oxygen atoms in total. The monoisotopic (exact) mass is 295 g/mol. The maximum Gasteiger partial charge on any atom is 0.126 e. The van der Waals surface area contributed by atoms with E-state index in [4.69, 9.17) is 10.5 Å². The summed E-state index contributed by atoms with van der Waals surface area (Å²) in [6, 6.07) is 17.1. The Morgan fingerprint density at radius 3 is 2.36 bits per heavy atom. The Hall–Kier alpha value is -1.80. The first kappa shape index (κ1) is 15.1. The van der Waals surface area contributed by atoms with E-state index in [0.29, 0.717) is 0 Å². The lowest BCUT2D eigenvalue weighted by Gasteiger charge is -2.37. The van der Waals surface area contributed by atoms with Gasteiger partial charge in [0.2, 0.25) is 0 Å². The summed E-state index contributed by atoms with van der Waals surface area (Å²) in [5.74, 6) is 0.929. The molecule has 0 aliphatic heterocycles. The fourth-order valence-electron chi connectivity index (χ4n) is 3.72. The topological polar surface area (TPSA) is 35.2 Å². The van der Waals surface area contributed by atoms with Gasteiger partial charge in [0.15, 0.2) is 0 Å². The van der Waals surface area contributed by atoms with Gasteiger partial charge in [-0.15, -0.1) is 0 Å². The van der Waals surface area contributed by atoms with E-state index in [1.165, 1.54) is 48.8 Å². The number of benzene rings is 2. The minimum Gasteiger partial charge on any atom is -0.496 e.